The summed E-state index contributed by atoms with van der Waals surface area (Å²) >= 11 is 0. The number of amides is 1. The molecule has 0 saturated carbocycles. The van der Waals surface area contributed by atoms with Gasteiger partial charge in [0.25, 0.3) is 0 Å². The normalized spacial score (nSPS) is 16.9. The SMILES string of the molecule is COc1ccc(Cc2ccnc(CCC3CCN(C(=O)OC(C)(C)C)CC3)n2)cc1OCCCN1CCCC1. The van der Waals surface area contributed by atoms with Gasteiger partial charge in [0, 0.05) is 44.4 Å². The third kappa shape index (κ3) is 9.38. The summed E-state index contributed by atoms with van der Waals surface area (Å²) in [6.45, 7) is 11.4. The predicted octanol–water partition coefficient (Wildman–Crippen LogP) is 5.52. The number of piperidine rings is 1. The number of methoxy groups -OCH3 is 1. The molecular weight excluding hydrogens is 492 g/mol. The van der Waals surface area contributed by atoms with Gasteiger partial charge < -0.3 is 24.0 Å². The summed E-state index contributed by atoms with van der Waals surface area (Å²) in [6, 6.07) is 8.13. The van der Waals surface area contributed by atoms with E-state index >= 15 is 0 Å². The number of nitrogens with zero attached hydrogens (tertiary/aromatic N) is 4. The Bertz CT molecular complexity index is 1060. The summed E-state index contributed by atoms with van der Waals surface area (Å²) in [5.74, 6) is 3.01. The number of hydrogen-bond acceptors (Lipinski definition) is 7. The molecular formula is C31H46N4O4. The zero-order chi connectivity index (χ0) is 27.7. The fraction of sp³-hybridized carbons (Fsp3) is 0.645. The average molecular weight is 539 g/mol. The van der Waals surface area contributed by atoms with Gasteiger partial charge in [0.2, 0.25) is 0 Å². The fourth-order valence-corrected chi connectivity index (χ4v) is 5.35. The van der Waals surface area contributed by atoms with Gasteiger partial charge >= 0.3 is 6.09 Å². The van der Waals surface area contributed by atoms with Crippen LogP contribution in [0.25, 0.3) is 0 Å². The number of likely N-dealkylation sites (tertiary alicyclic amines) is 2. The molecule has 4 rings (SSSR count). The second-order valence-corrected chi connectivity index (χ2v) is 11.8. The third-order valence-corrected chi connectivity index (χ3v) is 7.49. The Balaban J connectivity index is 1.24. The molecule has 0 bridgehead atoms. The van der Waals surface area contributed by atoms with Gasteiger partial charge in [-0.2, -0.15) is 0 Å². The number of benzene rings is 1. The highest BCUT2D eigenvalue weighted by atomic mass is 16.6. The van der Waals surface area contributed by atoms with Crippen molar-refractivity contribution in [2.75, 3.05) is 46.4 Å². The monoisotopic (exact) mass is 538 g/mol. The van der Waals surface area contributed by atoms with Crippen LogP contribution in [-0.4, -0.2) is 77.9 Å². The molecule has 3 heterocycles. The van der Waals surface area contributed by atoms with Crippen LogP contribution in [-0.2, 0) is 17.6 Å². The summed E-state index contributed by atoms with van der Waals surface area (Å²) in [5, 5.41) is 0. The maximum atomic E-state index is 12.3. The highest BCUT2D eigenvalue weighted by Crippen LogP contribution is 2.29. The van der Waals surface area contributed by atoms with Crippen LogP contribution in [0.3, 0.4) is 0 Å². The van der Waals surface area contributed by atoms with Crippen molar-refractivity contribution >= 4 is 6.09 Å². The van der Waals surface area contributed by atoms with Crippen LogP contribution in [0.1, 0.15) is 76.4 Å². The number of carbonyl (C=O) groups is 1. The van der Waals surface area contributed by atoms with E-state index in [0.29, 0.717) is 12.5 Å². The zero-order valence-corrected chi connectivity index (χ0v) is 24.3. The predicted molar refractivity (Wildman–Crippen MR) is 152 cm³/mol. The topological polar surface area (TPSA) is 77.0 Å². The Morgan fingerprint density at radius 2 is 1.82 bits per heavy atom. The average Bonchev–Trinajstić information content (AvgIpc) is 3.43. The molecule has 2 fully saturated rings. The quantitative estimate of drug-likeness (QED) is 0.349. The van der Waals surface area contributed by atoms with Crippen LogP contribution < -0.4 is 9.47 Å². The molecule has 8 nitrogen and oxygen atoms in total. The van der Waals surface area contributed by atoms with Gasteiger partial charge in [-0.3, -0.25) is 0 Å². The maximum Gasteiger partial charge on any atom is 0.410 e. The first-order valence-electron chi connectivity index (χ1n) is 14.6. The van der Waals surface area contributed by atoms with E-state index in [4.69, 9.17) is 19.2 Å². The van der Waals surface area contributed by atoms with Crippen molar-refractivity contribution in [3.8, 4) is 11.5 Å². The van der Waals surface area contributed by atoms with Crippen molar-refractivity contribution < 1.29 is 19.0 Å². The number of hydrogen-bond donors (Lipinski definition) is 0. The van der Waals surface area contributed by atoms with E-state index in [2.05, 4.69) is 22.0 Å². The van der Waals surface area contributed by atoms with Crippen LogP contribution in [0.4, 0.5) is 4.79 Å². The highest BCUT2D eigenvalue weighted by Gasteiger charge is 2.26. The van der Waals surface area contributed by atoms with E-state index in [0.717, 1.165) is 86.7 Å². The van der Waals surface area contributed by atoms with Crippen LogP contribution in [0, 0.1) is 5.92 Å². The Morgan fingerprint density at radius 3 is 2.54 bits per heavy atom. The molecule has 8 heteroatoms. The van der Waals surface area contributed by atoms with Crippen molar-refractivity contribution in [1.29, 1.82) is 0 Å². The molecule has 39 heavy (non-hydrogen) atoms. The molecule has 0 spiro atoms. The van der Waals surface area contributed by atoms with Gasteiger partial charge in [-0.1, -0.05) is 6.07 Å². The lowest BCUT2D eigenvalue weighted by atomic mass is 9.92. The summed E-state index contributed by atoms with van der Waals surface area (Å²) in [4.78, 5) is 26.1. The van der Waals surface area contributed by atoms with Crippen LogP contribution in [0.15, 0.2) is 30.5 Å². The highest BCUT2D eigenvalue weighted by molar-refractivity contribution is 5.68. The van der Waals surface area contributed by atoms with E-state index in [1.54, 1.807) is 7.11 Å². The van der Waals surface area contributed by atoms with E-state index in [1.807, 2.05) is 44.0 Å². The molecule has 2 saturated heterocycles. The van der Waals surface area contributed by atoms with E-state index in [1.165, 1.54) is 25.9 Å². The number of rotatable bonds is 11. The second-order valence-electron chi connectivity index (χ2n) is 11.8. The molecule has 2 aromatic rings. The Morgan fingerprint density at radius 1 is 1.05 bits per heavy atom. The number of carbonyl (C=O) groups excluding carboxylic acids is 1. The molecule has 2 aliphatic heterocycles. The van der Waals surface area contributed by atoms with Gasteiger partial charge in [-0.05, 0) is 102 Å². The van der Waals surface area contributed by atoms with Crippen molar-refractivity contribution in [2.24, 2.45) is 5.92 Å². The first-order chi connectivity index (χ1) is 18.8. The molecule has 2 aliphatic rings. The van der Waals surface area contributed by atoms with Gasteiger partial charge in [0.05, 0.1) is 13.7 Å². The Hall–Kier alpha value is -2.87. The molecule has 1 aromatic heterocycles. The second kappa shape index (κ2) is 14.0. The summed E-state index contributed by atoms with van der Waals surface area (Å²) in [5.41, 5.74) is 1.69. The van der Waals surface area contributed by atoms with E-state index in [9.17, 15) is 4.79 Å². The lowest BCUT2D eigenvalue weighted by molar-refractivity contribution is 0.0181. The largest absolute Gasteiger partial charge is 0.493 e. The van der Waals surface area contributed by atoms with Crippen molar-refractivity contribution in [3.05, 3.63) is 47.5 Å². The van der Waals surface area contributed by atoms with Gasteiger partial charge in [0.15, 0.2) is 11.5 Å². The van der Waals surface area contributed by atoms with Crippen molar-refractivity contribution in [3.63, 3.8) is 0 Å². The Kier molecular flexibility index (Phi) is 10.4. The lowest BCUT2D eigenvalue weighted by Crippen LogP contribution is -2.41. The summed E-state index contributed by atoms with van der Waals surface area (Å²) in [6.07, 6.45) is 9.89. The van der Waals surface area contributed by atoms with E-state index < -0.39 is 5.60 Å². The number of aryl methyl sites for hydroxylation is 1. The Labute approximate surface area is 234 Å². The smallest absolute Gasteiger partial charge is 0.410 e. The first kappa shape index (κ1) is 29.1. The minimum absolute atomic E-state index is 0.203. The molecule has 0 unspecified atom stereocenters. The van der Waals surface area contributed by atoms with Gasteiger partial charge in [0.1, 0.15) is 11.4 Å². The standard InChI is InChI=1S/C31H46N4O4/c1-31(2,3)39-30(36)35-19-13-24(14-20-35)9-11-29-32-15-12-26(33-29)22-25-8-10-27(37-4)28(23-25)38-21-7-18-34-16-5-6-17-34/h8,10,12,15,23-24H,5-7,9,11,13-14,16-22H2,1-4H3. The maximum absolute atomic E-state index is 12.3. The summed E-state index contributed by atoms with van der Waals surface area (Å²) < 4.78 is 17.2. The lowest BCUT2D eigenvalue weighted by Gasteiger charge is -2.33. The van der Waals surface area contributed by atoms with Crippen LogP contribution in [0.5, 0.6) is 11.5 Å². The molecule has 0 N–H and O–H groups in total. The van der Waals surface area contributed by atoms with Gasteiger partial charge in [-0.25, -0.2) is 14.8 Å². The molecule has 0 atom stereocenters. The zero-order valence-electron chi connectivity index (χ0n) is 24.3. The number of ether oxygens (including phenoxy) is 3. The molecule has 1 amide bonds. The minimum atomic E-state index is -0.455. The van der Waals surface area contributed by atoms with Crippen molar-refractivity contribution in [1.82, 2.24) is 19.8 Å². The van der Waals surface area contributed by atoms with E-state index in [-0.39, 0.29) is 6.09 Å². The minimum Gasteiger partial charge on any atom is -0.493 e. The third-order valence-electron chi connectivity index (χ3n) is 7.49. The molecule has 0 aliphatic carbocycles. The molecule has 1 aromatic carbocycles. The first-order valence-corrected chi connectivity index (χ1v) is 14.6. The van der Waals surface area contributed by atoms with Crippen LogP contribution in [0.2, 0.25) is 0 Å². The van der Waals surface area contributed by atoms with Gasteiger partial charge in [-0.15, -0.1) is 0 Å². The molecule has 214 valence electrons. The van der Waals surface area contributed by atoms with Crippen molar-refractivity contribution in [2.45, 2.75) is 77.7 Å². The van der Waals surface area contributed by atoms with Crippen LogP contribution >= 0.6 is 0 Å². The fourth-order valence-electron chi connectivity index (χ4n) is 5.35. The summed E-state index contributed by atoms with van der Waals surface area (Å²) in [7, 11) is 1.68. The molecule has 0 radical (unpaired) electrons. The number of aromatic nitrogens is 2.